The van der Waals surface area contributed by atoms with Crippen LogP contribution in [0.25, 0.3) is 38.7 Å². The Morgan fingerprint density at radius 2 is 1.61 bits per heavy atom. The summed E-state index contributed by atoms with van der Waals surface area (Å²) in [5, 5.41) is 0.346. The van der Waals surface area contributed by atoms with Crippen molar-refractivity contribution in [2.45, 2.75) is 0 Å². The van der Waals surface area contributed by atoms with Crippen LogP contribution in [-0.2, 0) is 0 Å². The average molecular weight is 384 g/mol. The molecule has 0 atom stereocenters. The highest BCUT2D eigenvalue weighted by molar-refractivity contribution is 6.01. The highest BCUT2D eigenvalue weighted by atomic mass is 19.2. The molecule has 5 nitrogen and oxygen atoms in total. The summed E-state index contributed by atoms with van der Waals surface area (Å²) in [6, 6.07) is 4.71. The van der Waals surface area contributed by atoms with Gasteiger partial charge in [0.2, 0.25) is 0 Å². The smallest absolute Gasteiger partial charge is 0.306 e. The van der Waals surface area contributed by atoms with E-state index in [2.05, 4.69) is 15.0 Å². The van der Waals surface area contributed by atoms with Crippen LogP contribution in [0.15, 0.2) is 47.5 Å². The summed E-state index contributed by atoms with van der Waals surface area (Å²) in [5.41, 5.74) is 0.307. The Hall–Kier alpha value is -3.75. The van der Waals surface area contributed by atoms with Gasteiger partial charge in [-0.15, -0.1) is 0 Å². The molecule has 0 saturated carbocycles. The predicted molar refractivity (Wildman–Crippen MR) is 93.9 cm³/mol. The molecule has 0 amide bonds. The number of H-pyrrole nitrogens is 1. The van der Waals surface area contributed by atoms with Gasteiger partial charge in [0.25, 0.3) is 0 Å². The third kappa shape index (κ3) is 2.29. The number of hydrogen-bond acceptors (Lipinski definition) is 3. The van der Waals surface area contributed by atoms with E-state index in [-0.39, 0.29) is 33.3 Å². The van der Waals surface area contributed by atoms with Gasteiger partial charge in [0.15, 0.2) is 17.3 Å². The third-order valence-corrected chi connectivity index (χ3v) is 4.49. The molecule has 0 saturated heterocycles. The zero-order valence-corrected chi connectivity index (χ0v) is 13.8. The summed E-state index contributed by atoms with van der Waals surface area (Å²) in [5.74, 6) is -3.78. The second kappa shape index (κ2) is 5.62. The molecular weight excluding hydrogens is 376 g/mol. The maximum Gasteiger partial charge on any atom is 0.332 e. The minimum Gasteiger partial charge on any atom is -0.306 e. The number of rotatable bonds is 1. The number of hydrogen-bond donors (Lipinski definition) is 1. The summed E-state index contributed by atoms with van der Waals surface area (Å²) < 4.78 is 55.6. The Bertz CT molecular complexity index is 1470. The number of pyridine rings is 1. The predicted octanol–water partition coefficient (Wildman–Crippen LogP) is 3.95. The van der Waals surface area contributed by atoms with E-state index in [1.54, 1.807) is 0 Å². The first-order valence-corrected chi connectivity index (χ1v) is 8.06. The van der Waals surface area contributed by atoms with Gasteiger partial charge in [-0.25, -0.2) is 31.7 Å². The number of aromatic nitrogens is 4. The lowest BCUT2D eigenvalue weighted by Crippen LogP contribution is -2.16. The highest BCUT2D eigenvalue weighted by Gasteiger charge is 2.17. The number of nitrogens with zero attached hydrogens (tertiary/aromatic N) is 3. The molecule has 3 heterocycles. The standard InChI is InChI=1S/C19H8F4N4O/c20-9-1-8(2-10(21)3-9)11-6-24-7-12-17(11)26-19(28)27-16-5-14(23)13(22)4-15(16)25-18(12)27/h1-7H,(H,26,28). The van der Waals surface area contributed by atoms with Crippen LogP contribution < -0.4 is 5.69 Å². The maximum absolute atomic E-state index is 13.6. The molecule has 0 aliphatic rings. The van der Waals surface area contributed by atoms with E-state index in [0.717, 1.165) is 34.7 Å². The van der Waals surface area contributed by atoms with Crippen molar-refractivity contribution in [2.75, 3.05) is 0 Å². The molecule has 0 aliphatic carbocycles. The van der Waals surface area contributed by atoms with Crippen LogP contribution in [0.1, 0.15) is 0 Å². The highest BCUT2D eigenvalue weighted by Crippen LogP contribution is 2.30. The molecule has 0 unspecified atom stereocenters. The summed E-state index contributed by atoms with van der Waals surface area (Å²) in [4.78, 5) is 23.6. The molecule has 2 aromatic carbocycles. The van der Waals surface area contributed by atoms with Crippen molar-refractivity contribution >= 4 is 27.6 Å². The Balaban J connectivity index is 1.93. The van der Waals surface area contributed by atoms with Crippen molar-refractivity contribution in [1.29, 1.82) is 0 Å². The van der Waals surface area contributed by atoms with Gasteiger partial charge in [0.1, 0.15) is 11.6 Å². The van der Waals surface area contributed by atoms with E-state index >= 15 is 0 Å². The van der Waals surface area contributed by atoms with Crippen molar-refractivity contribution in [1.82, 2.24) is 19.4 Å². The summed E-state index contributed by atoms with van der Waals surface area (Å²) in [6.07, 6.45) is 2.75. The average Bonchev–Trinajstić information content (AvgIpc) is 3.00. The third-order valence-electron chi connectivity index (χ3n) is 4.49. The first-order valence-electron chi connectivity index (χ1n) is 8.06. The Kier molecular flexibility index (Phi) is 3.30. The van der Waals surface area contributed by atoms with Crippen molar-refractivity contribution < 1.29 is 17.6 Å². The van der Waals surface area contributed by atoms with E-state index in [9.17, 15) is 22.4 Å². The second-order valence-electron chi connectivity index (χ2n) is 6.22. The number of halogens is 4. The molecule has 0 aliphatic heterocycles. The lowest BCUT2D eigenvalue weighted by molar-refractivity contribution is 0.510. The van der Waals surface area contributed by atoms with Crippen LogP contribution in [-0.4, -0.2) is 19.4 Å². The maximum atomic E-state index is 13.6. The van der Waals surface area contributed by atoms with Crippen LogP contribution in [0.5, 0.6) is 0 Å². The number of aromatic amines is 1. The van der Waals surface area contributed by atoms with Gasteiger partial charge in [-0.05, 0) is 17.7 Å². The SMILES string of the molecule is O=c1[nH]c2c(-c3cc(F)cc(F)c3)cncc2c2nc3cc(F)c(F)cc3n12. The molecule has 3 aromatic heterocycles. The van der Waals surface area contributed by atoms with Gasteiger partial charge in [-0.2, -0.15) is 0 Å². The zero-order valence-electron chi connectivity index (χ0n) is 13.8. The summed E-state index contributed by atoms with van der Waals surface area (Å²) >= 11 is 0. The number of imidazole rings is 1. The molecule has 5 aromatic rings. The van der Waals surface area contributed by atoms with Gasteiger partial charge < -0.3 is 4.98 Å². The van der Waals surface area contributed by atoms with E-state index in [1.807, 2.05) is 0 Å². The number of fused-ring (bicyclic) bond motifs is 5. The molecule has 9 heteroatoms. The molecule has 28 heavy (non-hydrogen) atoms. The fraction of sp³-hybridized carbons (Fsp3) is 0. The minimum absolute atomic E-state index is 0.0825. The summed E-state index contributed by atoms with van der Waals surface area (Å²) in [7, 11) is 0. The molecule has 0 bridgehead atoms. The molecule has 5 rings (SSSR count). The Morgan fingerprint density at radius 1 is 0.893 bits per heavy atom. The van der Waals surface area contributed by atoms with Crippen LogP contribution in [0.4, 0.5) is 17.6 Å². The van der Waals surface area contributed by atoms with Gasteiger partial charge >= 0.3 is 5.69 Å². The van der Waals surface area contributed by atoms with Crippen molar-refractivity contribution in [3.05, 3.63) is 76.5 Å². The lowest BCUT2D eigenvalue weighted by atomic mass is 10.0. The van der Waals surface area contributed by atoms with E-state index in [1.165, 1.54) is 12.4 Å². The van der Waals surface area contributed by atoms with Crippen molar-refractivity contribution in [3.8, 4) is 11.1 Å². The first-order chi connectivity index (χ1) is 13.4. The van der Waals surface area contributed by atoms with Gasteiger partial charge in [0.05, 0.1) is 21.9 Å². The first kappa shape index (κ1) is 16.4. The van der Waals surface area contributed by atoms with Gasteiger partial charge in [-0.3, -0.25) is 4.98 Å². The molecule has 0 fully saturated rings. The molecular formula is C19H8F4N4O. The fourth-order valence-corrected chi connectivity index (χ4v) is 3.31. The van der Waals surface area contributed by atoms with E-state index in [0.29, 0.717) is 5.39 Å². The van der Waals surface area contributed by atoms with Crippen LogP contribution >= 0.6 is 0 Å². The van der Waals surface area contributed by atoms with Gasteiger partial charge in [-0.1, -0.05) is 0 Å². The fourth-order valence-electron chi connectivity index (χ4n) is 3.31. The van der Waals surface area contributed by atoms with Crippen LogP contribution in [0.3, 0.4) is 0 Å². The normalized spacial score (nSPS) is 11.7. The zero-order chi connectivity index (χ0) is 19.6. The molecule has 0 spiro atoms. The molecule has 1 N–H and O–H groups in total. The van der Waals surface area contributed by atoms with Gasteiger partial charge in [0, 0.05) is 36.2 Å². The molecule has 138 valence electrons. The Morgan fingerprint density at radius 3 is 2.36 bits per heavy atom. The van der Waals surface area contributed by atoms with Crippen LogP contribution in [0.2, 0.25) is 0 Å². The van der Waals surface area contributed by atoms with Crippen molar-refractivity contribution in [2.24, 2.45) is 0 Å². The monoisotopic (exact) mass is 384 g/mol. The van der Waals surface area contributed by atoms with Crippen molar-refractivity contribution in [3.63, 3.8) is 0 Å². The quantitative estimate of drug-likeness (QED) is 0.445. The van der Waals surface area contributed by atoms with E-state index in [4.69, 9.17) is 0 Å². The second-order valence-corrected chi connectivity index (χ2v) is 6.22. The minimum atomic E-state index is -1.11. The van der Waals surface area contributed by atoms with Crippen LogP contribution in [0, 0.1) is 23.3 Å². The topological polar surface area (TPSA) is 63.0 Å². The van der Waals surface area contributed by atoms with E-state index < -0.39 is 29.0 Å². The number of benzene rings is 2. The number of nitrogens with one attached hydrogen (secondary N) is 1. The largest absolute Gasteiger partial charge is 0.332 e. The Labute approximate surface area is 152 Å². The lowest BCUT2D eigenvalue weighted by Gasteiger charge is -2.08. The summed E-state index contributed by atoms with van der Waals surface area (Å²) in [6.45, 7) is 0. The molecule has 0 radical (unpaired) electrons.